The van der Waals surface area contributed by atoms with Gasteiger partial charge in [0.1, 0.15) is 5.69 Å². The maximum atomic E-state index is 12.2. The van der Waals surface area contributed by atoms with E-state index in [0.29, 0.717) is 29.8 Å². The van der Waals surface area contributed by atoms with Crippen molar-refractivity contribution < 1.29 is 9.72 Å². The van der Waals surface area contributed by atoms with Crippen LogP contribution in [0.2, 0.25) is 0 Å². The van der Waals surface area contributed by atoms with Gasteiger partial charge in [0, 0.05) is 24.2 Å². The number of rotatable bonds is 7. The monoisotopic (exact) mass is 318 g/mol. The second kappa shape index (κ2) is 6.95. The van der Waals surface area contributed by atoms with Crippen molar-refractivity contribution in [1.82, 2.24) is 10.6 Å². The molecule has 2 fully saturated rings. The van der Waals surface area contributed by atoms with Crippen LogP contribution >= 0.6 is 0 Å². The Morgan fingerprint density at radius 2 is 2.17 bits per heavy atom. The van der Waals surface area contributed by atoms with Gasteiger partial charge in [0.25, 0.3) is 11.6 Å². The highest BCUT2D eigenvalue weighted by Crippen LogP contribution is 2.31. The van der Waals surface area contributed by atoms with Crippen LogP contribution in [0.4, 0.5) is 11.4 Å². The van der Waals surface area contributed by atoms with E-state index in [1.165, 1.54) is 6.07 Å². The summed E-state index contributed by atoms with van der Waals surface area (Å²) >= 11 is 0. The third-order valence-corrected chi connectivity index (χ3v) is 4.39. The summed E-state index contributed by atoms with van der Waals surface area (Å²) in [5.41, 5.74) is 0.790. The first-order chi connectivity index (χ1) is 11.1. The van der Waals surface area contributed by atoms with Crippen molar-refractivity contribution in [1.29, 1.82) is 0 Å². The van der Waals surface area contributed by atoms with Gasteiger partial charge >= 0.3 is 0 Å². The van der Waals surface area contributed by atoms with Crippen molar-refractivity contribution >= 4 is 17.3 Å². The van der Waals surface area contributed by atoms with E-state index >= 15 is 0 Å². The van der Waals surface area contributed by atoms with Crippen LogP contribution < -0.4 is 16.0 Å². The molecular weight excluding hydrogens is 296 g/mol. The second-order valence-electron chi connectivity index (χ2n) is 6.31. The van der Waals surface area contributed by atoms with Crippen LogP contribution in [0.25, 0.3) is 0 Å². The quantitative estimate of drug-likeness (QED) is 0.527. The summed E-state index contributed by atoms with van der Waals surface area (Å²) in [5.74, 6) is 0.354. The number of anilines is 1. The lowest BCUT2D eigenvalue weighted by molar-refractivity contribution is -0.384. The standard InChI is InChI=1S/C16H22N4O3/c21-16(18-8-6-11-5-7-17-10-11)12-1-4-14(19-13-2-3-13)15(9-12)20(22)23/h1,4,9,11,13,17,19H,2-3,5-8,10H2,(H,18,21). The highest BCUT2D eigenvalue weighted by atomic mass is 16.6. The van der Waals surface area contributed by atoms with E-state index in [4.69, 9.17) is 0 Å². The Morgan fingerprint density at radius 3 is 2.83 bits per heavy atom. The summed E-state index contributed by atoms with van der Waals surface area (Å²) in [7, 11) is 0. The van der Waals surface area contributed by atoms with Gasteiger partial charge in [0.15, 0.2) is 0 Å². The molecular formula is C16H22N4O3. The number of nitro groups is 1. The molecule has 1 unspecified atom stereocenters. The smallest absolute Gasteiger partial charge is 0.293 e. The van der Waals surface area contributed by atoms with E-state index in [1.54, 1.807) is 12.1 Å². The van der Waals surface area contributed by atoms with Gasteiger partial charge in [-0.15, -0.1) is 0 Å². The SMILES string of the molecule is O=C(NCCC1CCNC1)c1ccc(NC2CC2)c([N+](=O)[O-])c1. The predicted molar refractivity (Wildman–Crippen MR) is 87.7 cm³/mol. The topological polar surface area (TPSA) is 96.3 Å². The van der Waals surface area contributed by atoms with Gasteiger partial charge in [0.2, 0.25) is 0 Å². The fraction of sp³-hybridized carbons (Fsp3) is 0.562. The van der Waals surface area contributed by atoms with E-state index in [0.717, 1.165) is 38.8 Å². The number of carbonyl (C=O) groups is 1. The number of nitrogens with zero attached hydrogens (tertiary/aromatic N) is 1. The molecule has 1 saturated carbocycles. The Bertz CT molecular complexity index is 595. The van der Waals surface area contributed by atoms with E-state index in [1.807, 2.05) is 0 Å². The first-order valence-corrected chi connectivity index (χ1v) is 8.17. The van der Waals surface area contributed by atoms with Crippen LogP contribution in [-0.4, -0.2) is 36.5 Å². The molecule has 1 aliphatic carbocycles. The molecule has 1 amide bonds. The van der Waals surface area contributed by atoms with Crippen LogP contribution in [0.3, 0.4) is 0 Å². The van der Waals surface area contributed by atoms with Crippen LogP contribution in [-0.2, 0) is 0 Å². The summed E-state index contributed by atoms with van der Waals surface area (Å²) in [6.45, 7) is 2.64. The van der Waals surface area contributed by atoms with E-state index in [9.17, 15) is 14.9 Å². The minimum Gasteiger partial charge on any atom is -0.377 e. The zero-order valence-corrected chi connectivity index (χ0v) is 13.0. The first kappa shape index (κ1) is 15.7. The lowest BCUT2D eigenvalue weighted by atomic mass is 10.1. The molecule has 1 aromatic rings. The minimum atomic E-state index is -0.439. The number of hydrogen-bond donors (Lipinski definition) is 3. The average Bonchev–Trinajstić information content (AvgIpc) is 3.20. The summed E-state index contributed by atoms with van der Waals surface area (Å²) in [5, 5.41) is 20.5. The lowest BCUT2D eigenvalue weighted by Crippen LogP contribution is -2.26. The van der Waals surface area contributed by atoms with E-state index in [-0.39, 0.29) is 11.6 Å². The Balaban J connectivity index is 1.60. The molecule has 7 heteroatoms. The second-order valence-corrected chi connectivity index (χ2v) is 6.31. The van der Waals surface area contributed by atoms with Gasteiger partial charge in [-0.25, -0.2) is 0 Å². The molecule has 2 aliphatic rings. The Labute approximate surface area is 135 Å². The molecule has 1 atom stereocenters. The van der Waals surface area contributed by atoms with Gasteiger partial charge in [-0.1, -0.05) is 0 Å². The zero-order valence-electron chi connectivity index (χ0n) is 13.0. The van der Waals surface area contributed by atoms with Gasteiger partial charge in [0.05, 0.1) is 4.92 Å². The third-order valence-electron chi connectivity index (χ3n) is 4.39. The molecule has 1 aromatic carbocycles. The van der Waals surface area contributed by atoms with Crippen LogP contribution in [0.15, 0.2) is 18.2 Å². The number of nitrogens with one attached hydrogen (secondary N) is 3. The average molecular weight is 318 g/mol. The number of amides is 1. The molecule has 0 spiro atoms. The molecule has 3 rings (SSSR count). The third kappa shape index (κ3) is 4.19. The molecule has 0 bridgehead atoms. The van der Waals surface area contributed by atoms with Gasteiger partial charge in [-0.05, 0) is 56.8 Å². The molecule has 1 heterocycles. The molecule has 0 aromatic heterocycles. The van der Waals surface area contributed by atoms with Gasteiger partial charge in [-0.2, -0.15) is 0 Å². The zero-order chi connectivity index (χ0) is 16.2. The van der Waals surface area contributed by atoms with Gasteiger partial charge in [-0.3, -0.25) is 14.9 Å². The van der Waals surface area contributed by atoms with Crippen molar-refractivity contribution in [3.05, 3.63) is 33.9 Å². The number of carbonyl (C=O) groups excluding carboxylic acids is 1. The summed E-state index contributed by atoms with van der Waals surface area (Å²) in [6, 6.07) is 4.96. The van der Waals surface area contributed by atoms with Gasteiger partial charge < -0.3 is 16.0 Å². The number of nitro benzene ring substituents is 1. The molecule has 3 N–H and O–H groups in total. The molecule has 1 aliphatic heterocycles. The van der Waals surface area contributed by atoms with Crippen molar-refractivity contribution in [2.75, 3.05) is 25.0 Å². The number of hydrogen-bond acceptors (Lipinski definition) is 5. The predicted octanol–water partition coefficient (Wildman–Crippen LogP) is 1.90. The molecule has 7 nitrogen and oxygen atoms in total. The largest absolute Gasteiger partial charge is 0.377 e. The first-order valence-electron chi connectivity index (χ1n) is 8.17. The van der Waals surface area contributed by atoms with E-state index in [2.05, 4.69) is 16.0 Å². The summed E-state index contributed by atoms with van der Waals surface area (Å²) in [6.07, 6.45) is 4.15. The number of benzene rings is 1. The maximum absolute atomic E-state index is 12.2. The molecule has 124 valence electrons. The Kier molecular flexibility index (Phi) is 4.76. The maximum Gasteiger partial charge on any atom is 0.293 e. The normalized spacial score (nSPS) is 20.3. The van der Waals surface area contributed by atoms with Crippen LogP contribution in [0, 0.1) is 16.0 Å². The summed E-state index contributed by atoms with van der Waals surface area (Å²) < 4.78 is 0. The Morgan fingerprint density at radius 1 is 1.35 bits per heavy atom. The molecule has 23 heavy (non-hydrogen) atoms. The fourth-order valence-corrected chi connectivity index (χ4v) is 2.85. The molecule has 1 saturated heterocycles. The van der Waals surface area contributed by atoms with Crippen molar-refractivity contribution in [3.63, 3.8) is 0 Å². The Hall–Kier alpha value is -2.15. The highest BCUT2D eigenvalue weighted by molar-refractivity contribution is 5.95. The minimum absolute atomic E-state index is 0.0375. The fourth-order valence-electron chi connectivity index (χ4n) is 2.85. The van der Waals surface area contributed by atoms with E-state index < -0.39 is 4.92 Å². The van der Waals surface area contributed by atoms with Crippen LogP contribution in [0.5, 0.6) is 0 Å². The lowest BCUT2D eigenvalue weighted by Gasteiger charge is -2.10. The van der Waals surface area contributed by atoms with Crippen molar-refractivity contribution in [3.8, 4) is 0 Å². The van der Waals surface area contributed by atoms with Crippen molar-refractivity contribution in [2.45, 2.75) is 31.7 Å². The summed E-state index contributed by atoms with van der Waals surface area (Å²) in [4.78, 5) is 22.9. The van der Waals surface area contributed by atoms with Crippen molar-refractivity contribution in [2.24, 2.45) is 5.92 Å². The highest BCUT2D eigenvalue weighted by Gasteiger charge is 2.25. The van der Waals surface area contributed by atoms with Crippen LogP contribution in [0.1, 0.15) is 36.0 Å². The molecule has 0 radical (unpaired) electrons.